The summed E-state index contributed by atoms with van der Waals surface area (Å²) in [6.45, 7) is 4.12. The molecule has 96 valence electrons. The van der Waals surface area contributed by atoms with Crippen LogP contribution in [-0.2, 0) is 6.54 Å². The van der Waals surface area contributed by atoms with Gasteiger partial charge in [0, 0.05) is 11.1 Å². The first kappa shape index (κ1) is 12.8. The number of aryl methyl sites for hydroxylation is 1. The molecule has 0 saturated heterocycles. The molecular weight excluding hydrogens is 250 g/mol. The molecule has 0 aliphatic rings. The number of amides is 1. The number of hydrogen-bond donors (Lipinski definition) is 2. The van der Waals surface area contributed by atoms with Crippen LogP contribution in [0.3, 0.4) is 0 Å². The van der Waals surface area contributed by atoms with Gasteiger partial charge in [0.05, 0.1) is 18.2 Å². The number of furan rings is 1. The highest BCUT2D eigenvalue weighted by molar-refractivity contribution is 7.09. The minimum Gasteiger partial charge on any atom is -0.467 e. The lowest BCUT2D eigenvalue weighted by Gasteiger charge is -2.09. The molecule has 6 heteroatoms. The van der Waals surface area contributed by atoms with E-state index in [4.69, 9.17) is 10.2 Å². The van der Waals surface area contributed by atoms with Crippen LogP contribution in [0.5, 0.6) is 0 Å². The molecular formula is C12H15N3O2S. The normalized spacial score (nSPS) is 12.4. The highest BCUT2D eigenvalue weighted by Crippen LogP contribution is 2.18. The minimum absolute atomic E-state index is 0.118. The average molecular weight is 265 g/mol. The van der Waals surface area contributed by atoms with E-state index in [9.17, 15) is 4.79 Å². The molecule has 2 aromatic rings. The lowest BCUT2D eigenvalue weighted by atomic mass is 10.2. The van der Waals surface area contributed by atoms with Crippen molar-refractivity contribution in [2.75, 3.05) is 0 Å². The predicted octanol–water partition coefficient (Wildman–Crippen LogP) is 1.99. The van der Waals surface area contributed by atoms with Crippen LogP contribution in [-0.4, -0.2) is 10.9 Å². The first-order valence-corrected chi connectivity index (χ1v) is 6.48. The van der Waals surface area contributed by atoms with Crippen LogP contribution < -0.4 is 11.1 Å². The highest BCUT2D eigenvalue weighted by atomic mass is 32.1. The number of aromatic nitrogens is 1. The van der Waals surface area contributed by atoms with Crippen LogP contribution in [0.2, 0.25) is 0 Å². The van der Waals surface area contributed by atoms with Crippen molar-refractivity contribution >= 4 is 17.2 Å². The van der Waals surface area contributed by atoms with Gasteiger partial charge in [0.1, 0.15) is 17.0 Å². The zero-order valence-corrected chi connectivity index (χ0v) is 11.1. The fourth-order valence-electron chi connectivity index (χ4n) is 1.52. The van der Waals surface area contributed by atoms with Crippen molar-refractivity contribution in [2.24, 2.45) is 5.73 Å². The molecule has 0 aliphatic heterocycles. The van der Waals surface area contributed by atoms with Gasteiger partial charge in [-0.1, -0.05) is 0 Å². The Hall–Kier alpha value is -1.66. The van der Waals surface area contributed by atoms with Crippen molar-refractivity contribution in [3.8, 4) is 0 Å². The minimum atomic E-state index is -0.182. The van der Waals surface area contributed by atoms with Crippen molar-refractivity contribution in [2.45, 2.75) is 26.4 Å². The van der Waals surface area contributed by atoms with Gasteiger partial charge in [-0.05, 0) is 19.9 Å². The molecule has 0 bridgehead atoms. The van der Waals surface area contributed by atoms with E-state index in [2.05, 4.69) is 10.3 Å². The third kappa shape index (κ3) is 2.77. The first-order valence-electron chi connectivity index (χ1n) is 5.60. The van der Waals surface area contributed by atoms with E-state index >= 15 is 0 Å². The second-order valence-electron chi connectivity index (χ2n) is 4.03. The third-order valence-corrected chi connectivity index (χ3v) is 3.62. The maximum absolute atomic E-state index is 11.9. The average Bonchev–Trinajstić information content (AvgIpc) is 2.97. The van der Waals surface area contributed by atoms with Crippen LogP contribution in [0.15, 0.2) is 22.1 Å². The van der Waals surface area contributed by atoms with E-state index < -0.39 is 0 Å². The maximum atomic E-state index is 11.9. The Morgan fingerprint density at radius 1 is 1.67 bits per heavy atom. The second-order valence-corrected chi connectivity index (χ2v) is 4.92. The topological polar surface area (TPSA) is 81.2 Å². The van der Waals surface area contributed by atoms with Crippen LogP contribution in [0.25, 0.3) is 0 Å². The molecule has 0 aliphatic carbocycles. The van der Waals surface area contributed by atoms with Crippen molar-refractivity contribution in [3.05, 3.63) is 39.7 Å². The largest absolute Gasteiger partial charge is 0.467 e. The van der Waals surface area contributed by atoms with E-state index in [0.29, 0.717) is 11.3 Å². The number of carbonyl (C=O) groups excluding carboxylic acids is 1. The molecule has 0 spiro atoms. The summed E-state index contributed by atoms with van der Waals surface area (Å²) >= 11 is 1.54. The molecule has 0 saturated carbocycles. The number of thiazole rings is 1. The van der Waals surface area contributed by atoms with Crippen LogP contribution in [0, 0.1) is 6.92 Å². The Morgan fingerprint density at radius 2 is 2.44 bits per heavy atom. The quantitative estimate of drug-likeness (QED) is 0.885. The number of rotatable bonds is 4. The first-order chi connectivity index (χ1) is 8.60. The van der Waals surface area contributed by atoms with Gasteiger partial charge in [-0.3, -0.25) is 4.79 Å². The summed E-state index contributed by atoms with van der Waals surface area (Å²) < 4.78 is 5.13. The van der Waals surface area contributed by atoms with Crippen molar-refractivity contribution in [1.29, 1.82) is 0 Å². The Morgan fingerprint density at radius 3 is 3.00 bits per heavy atom. The molecule has 1 amide bonds. The molecule has 2 heterocycles. The summed E-state index contributed by atoms with van der Waals surface area (Å²) in [5.74, 6) is 0.414. The van der Waals surface area contributed by atoms with E-state index in [-0.39, 0.29) is 18.5 Å². The Bertz CT molecular complexity index is 547. The SMILES string of the molecule is Cc1csc(C(C)NC(=O)c2coc(CN)c2)n1. The fraction of sp³-hybridized carbons (Fsp3) is 0.333. The number of hydrogen-bond acceptors (Lipinski definition) is 5. The molecule has 5 nitrogen and oxygen atoms in total. The molecule has 0 fully saturated rings. The van der Waals surface area contributed by atoms with Gasteiger partial charge >= 0.3 is 0 Å². The lowest BCUT2D eigenvalue weighted by molar-refractivity contribution is 0.0939. The van der Waals surface area contributed by atoms with Crippen molar-refractivity contribution in [1.82, 2.24) is 10.3 Å². The molecule has 1 unspecified atom stereocenters. The number of nitrogens with one attached hydrogen (secondary N) is 1. The van der Waals surface area contributed by atoms with E-state index in [0.717, 1.165) is 10.7 Å². The van der Waals surface area contributed by atoms with E-state index in [1.807, 2.05) is 19.2 Å². The summed E-state index contributed by atoms with van der Waals surface area (Å²) in [4.78, 5) is 16.3. The molecule has 2 rings (SSSR count). The molecule has 3 N–H and O–H groups in total. The molecule has 0 radical (unpaired) electrons. The van der Waals surface area contributed by atoms with Gasteiger partial charge in [0.15, 0.2) is 0 Å². The lowest BCUT2D eigenvalue weighted by Crippen LogP contribution is -2.26. The van der Waals surface area contributed by atoms with Crippen molar-refractivity contribution in [3.63, 3.8) is 0 Å². The Labute approximate surface area is 109 Å². The van der Waals surface area contributed by atoms with Crippen LogP contribution in [0.1, 0.15) is 39.8 Å². The van der Waals surface area contributed by atoms with Crippen LogP contribution >= 0.6 is 11.3 Å². The number of nitrogens with two attached hydrogens (primary N) is 1. The van der Waals surface area contributed by atoms with Gasteiger partial charge < -0.3 is 15.5 Å². The summed E-state index contributed by atoms with van der Waals surface area (Å²) in [7, 11) is 0. The maximum Gasteiger partial charge on any atom is 0.255 e. The Kier molecular flexibility index (Phi) is 3.78. The number of nitrogens with zero attached hydrogens (tertiary/aromatic N) is 1. The smallest absolute Gasteiger partial charge is 0.255 e. The molecule has 0 aromatic carbocycles. The highest BCUT2D eigenvalue weighted by Gasteiger charge is 2.15. The summed E-state index contributed by atoms with van der Waals surface area (Å²) in [6.07, 6.45) is 1.41. The van der Waals surface area contributed by atoms with E-state index in [1.165, 1.54) is 17.6 Å². The molecule has 2 aromatic heterocycles. The van der Waals surface area contributed by atoms with Crippen LogP contribution in [0.4, 0.5) is 0 Å². The summed E-state index contributed by atoms with van der Waals surface area (Å²) in [5.41, 5.74) is 6.87. The summed E-state index contributed by atoms with van der Waals surface area (Å²) in [5, 5.41) is 5.72. The van der Waals surface area contributed by atoms with Gasteiger partial charge in [-0.15, -0.1) is 11.3 Å². The zero-order chi connectivity index (χ0) is 13.1. The molecule has 1 atom stereocenters. The third-order valence-electron chi connectivity index (χ3n) is 2.47. The predicted molar refractivity (Wildman–Crippen MR) is 69.3 cm³/mol. The van der Waals surface area contributed by atoms with Gasteiger partial charge in [-0.25, -0.2) is 4.98 Å². The van der Waals surface area contributed by atoms with Crippen molar-refractivity contribution < 1.29 is 9.21 Å². The fourth-order valence-corrected chi connectivity index (χ4v) is 2.32. The summed E-state index contributed by atoms with van der Waals surface area (Å²) in [6, 6.07) is 1.53. The van der Waals surface area contributed by atoms with E-state index in [1.54, 1.807) is 6.07 Å². The van der Waals surface area contributed by atoms with Gasteiger partial charge in [0.25, 0.3) is 5.91 Å². The Balaban J connectivity index is 2.02. The van der Waals surface area contributed by atoms with Gasteiger partial charge in [-0.2, -0.15) is 0 Å². The monoisotopic (exact) mass is 265 g/mol. The molecule has 18 heavy (non-hydrogen) atoms. The second kappa shape index (κ2) is 5.32. The standard InChI is InChI=1S/C12H15N3O2S/c1-7-6-18-12(14-7)8(2)15-11(16)9-3-10(4-13)17-5-9/h3,5-6,8H,4,13H2,1-2H3,(H,15,16). The number of carbonyl (C=O) groups is 1. The zero-order valence-electron chi connectivity index (χ0n) is 10.3. The van der Waals surface area contributed by atoms with Gasteiger partial charge in [0.2, 0.25) is 0 Å².